The molecule has 1 aromatic heterocycles. The molecular formula is C18H22N2O4S. The molecule has 134 valence electrons. The lowest BCUT2D eigenvalue weighted by Gasteiger charge is -2.20. The van der Waals surface area contributed by atoms with Crippen molar-refractivity contribution >= 4 is 22.4 Å². The summed E-state index contributed by atoms with van der Waals surface area (Å²) in [5, 5.41) is 3.48. The van der Waals surface area contributed by atoms with Crippen LogP contribution >= 0.6 is 11.3 Å². The maximum atomic E-state index is 12.6. The lowest BCUT2D eigenvalue weighted by Crippen LogP contribution is -2.14. The molecule has 0 radical (unpaired) electrons. The maximum Gasteiger partial charge on any atom is 0.261 e. The molecule has 2 aromatic rings. The van der Waals surface area contributed by atoms with E-state index in [9.17, 15) is 4.79 Å². The van der Waals surface area contributed by atoms with Gasteiger partial charge in [-0.3, -0.25) is 10.1 Å². The Kier molecular flexibility index (Phi) is 6.38. The average molecular weight is 362 g/mol. The molecule has 1 fully saturated rings. The lowest BCUT2D eigenvalue weighted by atomic mass is 9.99. The Morgan fingerprint density at radius 1 is 1.32 bits per heavy atom. The van der Waals surface area contributed by atoms with Crippen molar-refractivity contribution in [2.24, 2.45) is 0 Å². The highest BCUT2D eigenvalue weighted by Gasteiger charge is 2.20. The van der Waals surface area contributed by atoms with Crippen LogP contribution in [0.1, 0.15) is 34.0 Å². The summed E-state index contributed by atoms with van der Waals surface area (Å²) < 4.78 is 16.0. The van der Waals surface area contributed by atoms with Gasteiger partial charge in [0.1, 0.15) is 12.4 Å². The fourth-order valence-electron chi connectivity index (χ4n) is 2.69. The number of amides is 1. The van der Waals surface area contributed by atoms with Gasteiger partial charge in [-0.15, -0.1) is 11.3 Å². The molecule has 0 spiro atoms. The molecule has 0 aliphatic carbocycles. The smallest absolute Gasteiger partial charge is 0.261 e. The van der Waals surface area contributed by atoms with E-state index in [1.54, 1.807) is 19.2 Å². The molecule has 1 amide bonds. The molecule has 1 N–H and O–H groups in total. The van der Waals surface area contributed by atoms with E-state index in [0.29, 0.717) is 35.6 Å². The van der Waals surface area contributed by atoms with Crippen molar-refractivity contribution in [3.05, 3.63) is 40.9 Å². The zero-order valence-electron chi connectivity index (χ0n) is 14.2. The van der Waals surface area contributed by atoms with Gasteiger partial charge in [-0.1, -0.05) is 12.1 Å². The summed E-state index contributed by atoms with van der Waals surface area (Å²) in [6, 6.07) is 7.17. The maximum absolute atomic E-state index is 12.6. The third-order valence-electron chi connectivity index (χ3n) is 4.04. The molecule has 1 saturated heterocycles. The van der Waals surface area contributed by atoms with E-state index in [2.05, 4.69) is 10.3 Å². The van der Waals surface area contributed by atoms with Crippen LogP contribution in [0.2, 0.25) is 0 Å². The SMILES string of the molecule is COCCOc1ccccc1C(=O)Nc1ncc(C2CCOCC2)s1. The number of nitrogens with one attached hydrogen (secondary N) is 1. The number of carbonyl (C=O) groups excluding carboxylic acids is 1. The summed E-state index contributed by atoms with van der Waals surface area (Å²) in [5.74, 6) is 0.792. The van der Waals surface area contributed by atoms with E-state index in [1.165, 1.54) is 16.2 Å². The Bertz CT molecular complexity index is 698. The van der Waals surface area contributed by atoms with Crippen LogP contribution in [0.4, 0.5) is 5.13 Å². The fraction of sp³-hybridized carbons (Fsp3) is 0.444. The monoisotopic (exact) mass is 362 g/mol. The second kappa shape index (κ2) is 8.94. The Morgan fingerprint density at radius 3 is 2.92 bits per heavy atom. The van der Waals surface area contributed by atoms with Crippen molar-refractivity contribution in [1.29, 1.82) is 0 Å². The van der Waals surface area contributed by atoms with Crippen LogP contribution in [0.15, 0.2) is 30.5 Å². The minimum atomic E-state index is -0.221. The number of hydrogen-bond acceptors (Lipinski definition) is 6. The van der Waals surface area contributed by atoms with E-state index >= 15 is 0 Å². The first-order valence-corrected chi connectivity index (χ1v) is 9.15. The van der Waals surface area contributed by atoms with Crippen molar-refractivity contribution in [2.45, 2.75) is 18.8 Å². The molecule has 1 aromatic carbocycles. The van der Waals surface area contributed by atoms with Gasteiger partial charge in [0.2, 0.25) is 0 Å². The minimum Gasteiger partial charge on any atom is -0.490 e. The van der Waals surface area contributed by atoms with E-state index < -0.39 is 0 Å². The van der Waals surface area contributed by atoms with Gasteiger partial charge in [-0.25, -0.2) is 4.98 Å². The van der Waals surface area contributed by atoms with Crippen LogP contribution in [0.3, 0.4) is 0 Å². The number of para-hydroxylation sites is 1. The number of anilines is 1. The first-order chi connectivity index (χ1) is 12.3. The van der Waals surface area contributed by atoms with Gasteiger partial charge < -0.3 is 14.2 Å². The number of aromatic nitrogens is 1. The number of carbonyl (C=O) groups is 1. The van der Waals surface area contributed by atoms with Crippen molar-refractivity contribution in [2.75, 3.05) is 38.9 Å². The largest absolute Gasteiger partial charge is 0.490 e. The predicted molar refractivity (Wildman–Crippen MR) is 96.7 cm³/mol. The lowest BCUT2D eigenvalue weighted by molar-refractivity contribution is 0.0859. The molecule has 7 heteroatoms. The van der Waals surface area contributed by atoms with Crippen molar-refractivity contribution < 1.29 is 19.0 Å². The van der Waals surface area contributed by atoms with Gasteiger partial charge >= 0.3 is 0 Å². The zero-order valence-corrected chi connectivity index (χ0v) is 15.0. The number of ether oxygens (including phenoxy) is 3. The van der Waals surface area contributed by atoms with Crippen LogP contribution in [-0.2, 0) is 9.47 Å². The molecule has 0 unspecified atom stereocenters. The van der Waals surface area contributed by atoms with E-state index in [-0.39, 0.29) is 5.91 Å². The topological polar surface area (TPSA) is 69.7 Å². The number of rotatable bonds is 7. The molecule has 0 bridgehead atoms. The summed E-state index contributed by atoms with van der Waals surface area (Å²) in [7, 11) is 1.61. The van der Waals surface area contributed by atoms with Crippen molar-refractivity contribution in [1.82, 2.24) is 4.98 Å². The van der Waals surface area contributed by atoms with Gasteiger partial charge in [-0.2, -0.15) is 0 Å². The Hall–Kier alpha value is -1.96. The van der Waals surface area contributed by atoms with Crippen LogP contribution in [0, 0.1) is 0 Å². The predicted octanol–water partition coefficient (Wildman–Crippen LogP) is 3.31. The normalized spacial score (nSPS) is 15.1. The highest BCUT2D eigenvalue weighted by molar-refractivity contribution is 7.15. The summed E-state index contributed by atoms with van der Waals surface area (Å²) in [5.41, 5.74) is 0.487. The van der Waals surface area contributed by atoms with Crippen molar-refractivity contribution in [3.63, 3.8) is 0 Å². The highest BCUT2D eigenvalue weighted by atomic mass is 32.1. The highest BCUT2D eigenvalue weighted by Crippen LogP contribution is 2.33. The van der Waals surface area contributed by atoms with Crippen LogP contribution < -0.4 is 10.1 Å². The van der Waals surface area contributed by atoms with Gasteiger partial charge in [0.25, 0.3) is 5.91 Å². The van der Waals surface area contributed by atoms with Crippen LogP contribution in [-0.4, -0.2) is 44.4 Å². The first kappa shape index (κ1) is 17.8. The second-order valence-electron chi connectivity index (χ2n) is 5.75. The van der Waals surface area contributed by atoms with Crippen LogP contribution in [0.25, 0.3) is 0 Å². The third kappa shape index (κ3) is 4.78. The Morgan fingerprint density at radius 2 is 2.12 bits per heavy atom. The number of thiazole rings is 1. The van der Waals surface area contributed by atoms with Gasteiger partial charge in [-0.05, 0) is 30.9 Å². The zero-order chi connectivity index (χ0) is 17.5. The molecule has 6 nitrogen and oxygen atoms in total. The molecule has 1 aliphatic rings. The van der Waals surface area contributed by atoms with Gasteiger partial charge in [0, 0.05) is 31.4 Å². The standard InChI is InChI=1S/C18H22N2O4S/c1-22-10-11-24-15-5-3-2-4-14(15)17(21)20-18-19-12-16(25-18)13-6-8-23-9-7-13/h2-5,12-13H,6-11H2,1H3,(H,19,20,21). The fourth-order valence-corrected chi connectivity index (χ4v) is 3.67. The first-order valence-electron chi connectivity index (χ1n) is 8.33. The van der Waals surface area contributed by atoms with E-state index in [1.807, 2.05) is 18.3 Å². The number of nitrogens with zero attached hydrogens (tertiary/aromatic N) is 1. The summed E-state index contributed by atoms with van der Waals surface area (Å²) in [6.45, 7) is 2.44. The third-order valence-corrected chi connectivity index (χ3v) is 5.12. The number of hydrogen-bond donors (Lipinski definition) is 1. The van der Waals surface area contributed by atoms with E-state index in [0.717, 1.165) is 26.1 Å². The van der Waals surface area contributed by atoms with Gasteiger partial charge in [0.15, 0.2) is 5.13 Å². The molecule has 0 saturated carbocycles. The molecule has 0 atom stereocenters. The number of benzene rings is 1. The second-order valence-corrected chi connectivity index (χ2v) is 6.81. The molecule has 1 aliphatic heterocycles. The van der Waals surface area contributed by atoms with Gasteiger partial charge in [0.05, 0.1) is 12.2 Å². The minimum absolute atomic E-state index is 0.221. The average Bonchev–Trinajstić information content (AvgIpc) is 3.11. The summed E-state index contributed by atoms with van der Waals surface area (Å²) in [4.78, 5) is 18.1. The summed E-state index contributed by atoms with van der Waals surface area (Å²) >= 11 is 1.53. The van der Waals surface area contributed by atoms with E-state index in [4.69, 9.17) is 14.2 Å². The van der Waals surface area contributed by atoms with Crippen molar-refractivity contribution in [3.8, 4) is 5.75 Å². The Labute approximate surface area is 151 Å². The molecule has 3 rings (SSSR count). The molecule has 25 heavy (non-hydrogen) atoms. The number of methoxy groups -OCH3 is 1. The summed E-state index contributed by atoms with van der Waals surface area (Å²) in [6.07, 6.45) is 3.87. The quantitative estimate of drug-likeness (QED) is 0.765. The molecule has 2 heterocycles. The molecular weight excluding hydrogens is 340 g/mol. The van der Waals surface area contributed by atoms with Crippen LogP contribution in [0.5, 0.6) is 5.75 Å². The Balaban J connectivity index is 1.65.